The van der Waals surface area contributed by atoms with Gasteiger partial charge in [-0.15, -0.1) is 0 Å². The highest BCUT2D eigenvalue weighted by molar-refractivity contribution is 6.03. The van der Waals surface area contributed by atoms with Gasteiger partial charge in [-0.3, -0.25) is 9.59 Å². The number of rotatable bonds is 6. The summed E-state index contributed by atoms with van der Waals surface area (Å²) < 4.78 is 10.5. The van der Waals surface area contributed by atoms with Crippen LogP contribution < -0.4 is 15.0 Å². The SMILES string of the molecule is COc1ccc(N2C[C@@H](C(=O)Nc3ccc(-c4nc(-c5ccccc5)no4)cc3)CC2=O)cc1. The molecule has 2 heterocycles. The molecule has 5 rings (SSSR count). The number of ether oxygens (including phenoxy) is 1. The Hall–Kier alpha value is -4.46. The van der Waals surface area contributed by atoms with Crippen molar-refractivity contribution in [1.29, 1.82) is 0 Å². The minimum atomic E-state index is -0.432. The van der Waals surface area contributed by atoms with E-state index in [4.69, 9.17) is 9.26 Å². The zero-order valence-corrected chi connectivity index (χ0v) is 18.5. The number of methoxy groups -OCH3 is 1. The van der Waals surface area contributed by atoms with Gasteiger partial charge in [0, 0.05) is 35.5 Å². The van der Waals surface area contributed by atoms with Crippen LogP contribution in [0.15, 0.2) is 83.4 Å². The lowest BCUT2D eigenvalue weighted by atomic mass is 10.1. The Morgan fingerprint density at radius 2 is 1.74 bits per heavy atom. The Morgan fingerprint density at radius 1 is 1.00 bits per heavy atom. The minimum Gasteiger partial charge on any atom is -0.497 e. The lowest BCUT2D eigenvalue weighted by Gasteiger charge is -2.17. The van der Waals surface area contributed by atoms with Gasteiger partial charge >= 0.3 is 0 Å². The Labute approximate surface area is 196 Å². The van der Waals surface area contributed by atoms with Gasteiger partial charge in [-0.05, 0) is 48.5 Å². The van der Waals surface area contributed by atoms with Crippen LogP contribution in [0.5, 0.6) is 5.75 Å². The second-order valence-electron chi connectivity index (χ2n) is 7.96. The third-order valence-corrected chi connectivity index (χ3v) is 5.74. The fourth-order valence-corrected chi connectivity index (χ4v) is 3.88. The van der Waals surface area contributed by atoms with E-state index in [1.54, 1.807) is 48.4 Å². The highest BCUT2D eigenvalue weighted by Gasteiger charge is 2.35. The maximum atomic E-state index is 12.8. The summed E-state index contributed by atoms with van der Waals surface area (Å²) in [5.41, 5.74) is 3.00. The normalized spacial score (nSPS) is 15.4. The summed E-state index contributed by atoms with van der Waals surface area (Å²) in [6, 6.07) is 24.0. The monoisotopic (exact) mass is 454 g/mol. The molecule has 0 aliphatic carbocycles. The number of nitrogens with zero attached hydrogens (tertiary/aromatic N) is 3. The Balaban J connectivity index is 1.22. The Bertz CT molecular complexity index is 1300. The molecule has 1 fully saturated rings. The zero-order valence-electron chi connectivity index (χ0n) is 18.5. The molecule has 0 bridgehead atoms. The third kappa shape index (κ3) is 4.38. The van der Waals surface area contributed by atoms with Crippen LogP contribution in [-0.2, 0) is 9.59 Å². The van der Waals surface area contributed by atoms with Gasteiger partial charge in [-0.25, -0.2) is 0 Å². The molecule has 34 heavy (non-hydrogen) atoms. The number of amides is 2. The molecule has 1 aliphatic heterocycles. The first-order valence-electron chi connectivity index (χ1n) is 10.9. The molecular weight excluding hydrogens is 432 g/mol. The summed E-state index contributed by atoms with van der Waals surface area (Å²) in [4.78, 5) is 31.4. The summed E-state index contributed by atoms with van der Waals surface area (Å²) in [7, 11) is 1.59. The Kier molecular flexibility index (Phi) is 5.78. The lowest BCUT2D eigenvalue weighted by molar-refractivity contribution is -0.122. The van der Waals surface area contributed by atoms with Gasteiger partial charge in [0.2, 0.25) is 17.6 Å². The Morgan fingerprint density at radius 3 is 2.44 bits per heavy atom. The average Bonchev–Trinajstić information content (AvgIpc) is 3.53. The fourth-order valence-electron chi connectivity index (χ4n) is 3.88. The molecule has 8 heteroatoms. The third-order valence-electron chi connectivity index (χ3n) is 5.74. The van der Waals surface area contributed by atoms with Crippen LogP contribution >= 0.6 is 0 Å². The molecule has 1 aliphatic rings. The van der Waals surface area contributed by atoms with Crippen molar-refractivity contribution in [2.24, 2.45) is 5.92 Å². The van der Waals surface area contributed by atoms with Crippen molar-refractivity contribution >= 4 is 23.2 Å². The van der Waals surface area contributed by atoms with Gasteiger partial charge in [-0.1, -0.05) is 35.5 Å². The molecule has 3 aromatic carbocycles. The average molecular weight is 454 g/mol. The van der Waals surface area contributed by atoms with Crippen molar-refractivity contribution in [3.8, 4) is 28.6 Å². The van der Waals surface area contributed by atoms with Gasteiger partial charge in [0.05, 0.1) is 13.0 Å². The highest BCUT2D eigenvalue weighted by Crippen LogP contribution is 2.28. The maximum absolute atomic E-state index is 12.8. The molecule has 0 unspecified atom stereocenters. The number of anilines is 2. The predicted octanol–water partition coefficient (Wildman–Crippen LogP) is 4.40. The largest absolute Gasteiger partial charge is 0.497 e. The molecule has 1 N–H and O–H groups in total. The first-order chi connectivity index (χ1) is 16.6. The van der Waals surface area contributed by atoms with E-state index in [0.29, 0.717) is 29.7 Å². The number of nitrogens with one attached hydrogen (secondary N) is 1. The fraction of sp³-hybridized carbons (Fsp3) is 0.154. The van der Waals surface area contributed by atoms with Crippen LogP contribution in [0.1, 0.15) is 6.42 Å². The second-order valence-corrected chi connectivity index (χ2v) is 7.96. The van der Waals surface area contributed by atoms with Gasteiger partial charge in [0.1, 0.15) is 5.75 Å². The first-order valence-corrected chi connectivity index (χ1v) is 10.9. The van der Waals surface area contributed by atoms with E-state index >= 15 is 0 Å². The molecule has 8 nitrogen and oxygen atoms in total. The first kappa shape index (κ1) is 21.4. The van der Waals surface area contributed by atoms with Crippen molar-refractivity contribution in [1.82, 2.24) is 10.1 Å². The number of carbonyl (C=O) groups excluding carboxylic acids is 2. The summed E-state index contributed by atoms with van der Waals surface area (Å²) >= 11 is 0. The van der Waals surface area contributed by atoms with E-state index in [1.165, 1.54) is 0 Å². The maximum Gasteiger partial charge on any atom is 0.258 e. The summed E-state index contributed by atoms with van der Waals surface area (Å²) in [5, 5.41) is 6.94. The molecule has 0 saturated carbocycles. The molecule has 4 aromatic rings. The molecule has 1 saturated heterocycles. The predicted molar refractivity (Wildman–Crippen MR) is 127 cm³/mol. The van der Waals surface area contributed by atoms with E-state index in [-0.39, 0.29) is 18.2 Å². The van der Waals surface area contributed by atoms with Crippen LogP contribution in [0.4, 0.5) is 11.4 Å². The van der Waals surface area contributed by atoms with Crippen LogP contribution in [0.25, 0.3) is 22.8 Å². The summed E-state index contributed by atoms with van der Waals surface area (Å²) in [5.74, 6) is 0.921. The van der Waals surface area contributed by atoms with Gasteiger partial charge < -0.3 is 19.5 Å². The van der Waals surface area contributed by atoms with Crippen LogP contribution in [0.3, 0.4) is 0 Å². The molecule has 170 valence electrons. The van der Waals surface area contributed by atoms with Crippen molar-refractivity contribution in [2.75, 3.05) is 23.9 Å². The van der Waals surface area contributed by atoms with Crippen LogP contribution in [0, 0.1) is 5.92 Å². The smallest absolute Gasteiger partial charge is 0.258 e. The van der Waals surface area contributed by atoms with Crippen molar-refractivity contribution in [2.45, 2.75) is 6.42 Å². The van der Waals surface area contributed by atoms with E-state index in [1.807, 2.05) is 42.5 Å². The summed E-state index contributed by atoms with van der Waals surface area (Å²) in [6.07, 6.45) is 0.167. The summed E-state index contributed by atoms with van der Waals surface area (Å²) in [6.45, 7) is 0.333. The molecule has 2 amide bonds. The van der Waals surface area contributed by atoms with Gasteiger partial charge in [0.25, 0.3) is 5.89 Å². The number of hydrogen-bond donors (Lipinski definition) is 1. The van der Waals surface area contributed by atoms with Crippen molar-refractivity contribution < 1.29 is 18.8 Å². The van der Waals surface area contributed by atoms with Crippen LogP contribution in [-0.4, -0.2) is 35.6 Å². The van der Waals surface area contributed by atoms with Crippen LogP contribution in [0.2, 0.25) is 0 Å². The molecular formula is C26H22N4O4. The van der Waals surface area contributed by atoms with Crippen molar-refractivity contribution in [3.63, 3.8) is 0 Å². The number of hydrogen-bond acceptors (Lipinski definition) is 6. The zero-order chi connectivity index (χ0) is 23.5. The van der Waals surface area contributed by atoms with E-state index in [2.05, 4.69) is 15.5 Å². The van der Waals surface area contributed by atoms with Crippen molar-refractivity contribution in [3.05, 3.63) is 78.9 Å². The van der Waals surface area contributed by atoms with E-state index < -0.39 is 5.92 Å². The number of carbonyl (C=O) groups is 2. The van der Waals surface area contributed by atoms with E-state index in [9.17, 15) is 9.59 Å². The minimum absolute atomic E-state index is 0.0775. The molecule has 0 spiro atoms. The molecule has 0 radical (unpaired) electrons. The second kappa shape index (κ2) is 9.19. The quantitative estimate of drug-likeness (QED) is 0.464. The lowest BCUT2D eigenvalue weighted by Crippen LogP contribution is -2.28. The highest BCUT2D eigenvalue weighted by atomic mass is 16.5. The number of benzene rings is 3. The van der Waals surface area contributed by atoms with E-state index in [0.717, 1.165) is 16.8 Å². The standard InChI is InChI=1S/C26H22N4O4/c1-33-22-13-11-21(12-14-22)30-16-19(15-23(30)31)25(32)27-20-9-7-18(8-10-20)26-28-24(29-34-26)17-5-3-2-4-6-17/h2-14,19H,15-16H2,1H3,(H,27,32)/t19-/m0/s1. The molecule has 1 aromatic heterocycles. The topological polar surface area (TPSA) is 97.6 Å². The van der Waals surface area contributed by atoms with Gasteiger partial charge in [0.15, 0.2) is 0 Å². The van der Waals surface area contributed by atoms with Gasteiger partial charge in [-0.2, -0.15) is 4.98 Å². The molecule has 1 atom stereocenters. The number of aromatic nitrogens is 2.